The number of aromatic nitrogens is 4. The molecule has 354 valence electrons. The number of ether oxygens (including phenoxy) is 7. The molecule has 0 atom stereocenters. The van der Waals surface area contributed by atoms with Crippen molar-refractivity contribution >= 4 is 28.2 Å². The molecule has 0 aliphatic rings. The van der Waals surface area contributed by atoms with E-state index < -0.39 is 70.5 Å². The Morgan fingerprint density at radius 2 is 1.35 bits per heavy atom. The summed E-state index contributed by atoms with van der Waals surface area (Å²) in [5.41, 5.74) is 0.991. The van der Waals surface area contributed by atoms with Gasteiger partial charge in [0.25, 0.3) is 15.9 Å². The molecule has 0 radical (unpaired) electrons. The van der Waals surface area contributed by atoms with Crippen molar-refractivity contribution in [3.8, 4) is 40.5 Å². The molecule has 0 amide bonds. The number of para-hydroxylation sites is 2. The average molecular weight is 942 g/mol. The van der Waals surface area contributed by atoms with E-state index in [4.69, 9.17) is 54.0 Å². The molecule has 3 aromatic carbocycles. The summed E-state index contributed by atoms with van der Waals surface area (Å²) < 4.78 is 69.2. The smallest absolute Gasteiger partial charge is 0.493 e. The van der Waals surface area contributed by atoms with Crippen molar-refractivity contribution in [1.29, 1.82) is 0 Å². The van der Waals surface area contributed by atoms with E-state index in [1.165, 1.54) is 68.0 Å². The molecule has 0 saturated carbocycles. The number of carbonyl (C=O) groups excluding carboxylic acids is 2. The number of sulfonamides is 1. The van der Waals surface area contributed by atoms with Gasteiger partial charge in [0.2, 0.25) is 11.6 Å². The third kappa shape index (κ3) is 14.9. The highest BCUT2D eigenvalue weighted by Gasteiger charge is 2.35. The minimum atomic E-state index is -4.76. The van der Waals surface area contributed by atoms with Crippen LogP contribution in [0.3, 0.4) is 0 Å². The molecule has 0 unspecified atom stereocenters. The van der Waals surface area contributed by atoms with Gasteiger partial charge in [0.15, 0.2) is 29.9 Å². The van der Waals surface area contributed by atoms with Crippen LogP contribution in [0.5, 0.6) is 28.9 Å². The quantitative estimate of drug-likeness (QED) is 0.0185. The third-order valence-corrected chi connectivity index (χ3v) is 10.4. The molecule has 5 aromatic rings. The van der Waals surface area contributed by atoms with Crippen molar-refractivity contribution in [2.75, 3.05) is 44.6 Å². The number of methoxy groups -OCH3 is 1. The molecule has 25 heteroatoms. The molecule has 2 aromatic heterocycles. The van der Waals surface area contributed by atoms with Crippen LogP contribution in [0.1, 0.15) is 44.7 Å². The predicted octanol–water partition coefficient (Wildman–Crippen LogP) is 6.24. The molecule has 0 aliphatic carbocycles. The zero-order valence-corrected chi connectivity index (χ0v) is 36.8. The van der Waals surface area contributed by atoms with Gasteiger partial charge in [-0.25, -0.2) is 42.1 Å². The normalized spacial score (nSPS) is 11.5. The van der Waals surface area contributed by atoms with E-state index in [1.807, 2.05) is 20.8 Å². The van der Waals surface area contributed by atoms with Crippen molar-refractivity contribution < 1.29 is 81.7 Å². The highest BCUT2D eigenvalue weighted by molar-refractivity contribution is 7.92. The molecular weight excluding hydrogens is 895 g/mol. The number of hydrogen-bond acceptors (Lipinski definition) is 23. The molecule has 66 heavy (non-hydrogen) atoms. The number of carbonyl (C=O) groups is 2. The fourth-order valence-corrected chi connectivity index (χ4v) is 6.71. The minimum absolute atomic E-state index is 0.0440. The maximum Gasteiger partial charge on any atom is 0.513 e. The van der Waals surface area contributed by atoms with Crippen LogP contribution in [0.15, 0.2) is 96.2 Å². The number of hydrogen-bond donors (Lipinski definition) is 4. The molecule has 0 saturated heterocycles. The molecule has 0 spiro atoms. The Balaban J connectivity index is 1.52. The fourth-order valence-electron chi connectivity index (χ4n) is 5.43. The van der Waals surface area contributed by atoms with Gasteiger partial charge in [-0.05, 0) is 71.8 Å². The van der Waals surface area contributed by atoms with Crippen molar-refractivity contribution in [3.05, 3.63) is 102 Å². The number of unbranched alkanes of at least 4 members (excludes halogenated alkanes) is 1. The monoisotopic (exact) mass is 941 g/mol. The van der Waals surface area contributed by atoms with Crippen molar-refractivity contribution in [3.63, 3.8) is 0 Å². The number of rotatable bonds is 23. The van der Waals surface area contributed by atoms with Crippen LogP contribution in [0.2, 0.25) is 0 Å². The number of anilines is 1. The first-order chi connectivity index (χ1) is 31.5. The van der Waals surface area contributed by atoms with Gasteiger partial charge in [0, 0.05) is 12.4 Å². The first-order valence-corrected chi connectivity index (χ1v) is 21.1. The lowest BCUT2D eigenvalue weighted by Gasteiger charge is -2.26. The predicted molar refractivity (Wildman–Crippen MR) is 223 cm³/mol. The van der Waals surface area contributed by atoms with Gasteiger partial charge in [-0.1, -0.05) is 57.2 Å². The summed E-state index contributed by atoms with van der Waals surface area (Å²) in [5, 5.41) is 34.0. The Kier molecular flexibility index (Phi) is 18.2. The minimum Gasteiger partial charge on any atom is -0.493 e. The fraction of sp³-hybridized carbons (Fsp3) is 0.317. The summed E-state index contributed by atoms with van der Waals surface area (Å²) in [6.45, 7) is 3.43. The Morgan fingerprint density at radius 1 is 0.697 bits per heavy atom. The highest BCUT2D eigenvalue weighted by atomic mass is 32.2. The van der Waals surface area contributed by atoms with E-state index in [0.717, 1.165) is 5.56 Å². The van der Waals surface area contributed by atoms with Crippen LogP contribution in [0.4, 0.5) is 15.4 Å². The topological polar surface area (TPSA) is 294 Å². The van der Waals surface area contributed by atoms with Crippen molar-refractivity contribution in [1.82, 2.24) is 30.7 Å². The SMILES string of the molecule is COc1ccccc1Oc1c(OCCOC(=O)Oc2ccc(CON(O)O)cc2)nc(-c2ncccn2)nc1N(COC(=O)OCCCCON(O)O)S(=O)(=O)c1ccc(C(C)(C)C)cc1. The summed E-state index contributed by atoms with van der Waals surface area (Å²) in [7, 11) is -3.38. The van der Waals surface area contributed by atoms with Gasteiger partial charge < -0.3 is 33.2 Å². The second kappa shape index (κ2) is 23.9. The van der Waals surface area contributed by atoms with Crippen molar-refractivity contribution in [2.45, 2.75) is 50.5 Å². The van der Waals surface area contributed by atoms with Gasteiger partial charge in [0.1, 0.15) is 19.0 Å². The van der Waals surface area contributed by atoms with Gasteiger partial charge >= 0.3 is 12.3 Å². The van der Waals surface area contributed by atoms with Gasteiger partial charge in [-0.2, -0.15) is 4.98 Å². The standard InChI is InChI=1S/C41H47N7O17S/c1-41(2,3)29-14-18-31(19-15-29)66(55,56)46(27-61-39(49)59-22-7-8-23-62-47(51)52)37-34(65-33-11-6-5-10-32(33)57-4)38(45-36(44-37)35-42-20-9-21-43-35)58-24-25-60-40(50)64-30-16-12-28(13-17-30)26-63-48(53)54/h5-6,9-21,51-54H,7-8,22-27H2,1-4H3. The van der Waals surface area contributed by atoms with Crippen LogP contribution in [-0.4, -0.2) is 113 Å². The number of benzene rings is 3. The molecule has 2 heterocycles. The van der Waals surface area contributed by atoms with E-state index in [2.05, 4.69) is 29.6 Å². The number of nitrogens with zero attached hydrogens (tertiary/aromatic N) is 7. The lowest BCUT2D eigenvalue weighted by atomic mass is 9.87. The Hall–Kier alpha value is -6.81. The lowest BCUT2D eigenvalue weighted by molar-refractivity contribution is -0.497. The lowest BCUT2D eigenvalue weighted by Crippen LogP contribution is -2.36. The van der Waals surface area contributed by atoms with Crippen LogP contribution >= 0.6 is 0 Å². The Morgan fingerprint density at radius 3 is 2.00 bits per heavy atom. The van der Waals surface area contributed by atoms with E-state index in [0.29, 0.717) is 9.87 Å². The summed E-state index contributed by atoms with van der Waals surface area (Å²) in [6.07, 6.45) is 0.830. The second-order valence-electron chi connectivity index (χ2n) is 14.3. The van der Waals surface area contributed by atoms with Gasteiger partial charge in [0.05, 0.1) is 42.6 Å². The first-order valence-electron chi connectivity index (χ1n) is 19.7. The van der Waals surface area contributed by atoms with Crippen LogP contribution in [-0.2, 0) is 45.9 Å². The third-order valence-electron chi connectivity index (χ3n) is 8.69. The molecular formula is C41H47N7O17S. The van der Waals surface area contributed by atoms with E-state index in [-0.39, 0.29) is 71.9 Å². The molecule has 24 nitrogen and oxygen atoms in total. The van der Waals surface area contributed by atoms with Gasteiger partial charge in [-0.15, -0.1) is 0 Å². The Bertz CT molecular complexity index is 2440. The van der Waals surface area contributed by atoms with Crippen LogP contribution < -0.4 is 23.3 Å². The molecule has 4 N–H and O–H groups in total. The van der Waals surface area contributed by atoms with E-state index >= 15 is 0 Å². The van der Waals surface area contributed by atoms with Gasteiger partial charge in [-0.3, -0.25) is 25.7 Å². The zero-order chi connectivity index (χ0) is 47.7. The zero-order valence-electron chi connectivity index (χ0n) is 36.0. The van der Waals surface area contributed by atoms with Crippen LogP contribution in [0.25, 0.3) is 11.6 Å². The summed E-state index contributed by atoms with van der Waals surface area (Å²) in [6, 6.07) is 19.7. The highest BCUT2D eigenvalue weighted by Crippen LogP contribution is 2.44. The maximum absolute atomic E-state index is 14.9. The maximum atomic E-state index is 14.9. The second-order valence-corrected chi connectivity index (χ2v) is 16.2. The summed E-state index contributed by atoms with van der Waals surface area (Å²) in [5.74, 6) is -1.42. The van der Waals surface area contributed by atoms with E-state index in [9.17, 15) is 18.0 Å². The summed E-state index contributed by atoms with van der Waals surface area (Å²) >= 11 is 0. The van der Waals surface area contributed by atoms with Crippen molar-refractivity contribution in [2.24, 2.45) is 0 Å². The molecule has 0 bridgehead atoms. The largest absolute Gasteiger partial charge is 0.513 e. The molecule has 0 fully saturated rings. The first kappa shape index (κ1) is 50.2. The Labute approximate surface area is 377 Å². The summed E-state index contributed by atoms with van der Waals surface area (Å²) in [4.78, 5) is 51.9. The van der Waals surface area contributed by atoms with E-state index in [1.54, 1.807) is 30.3 Å². The van der Waals surface area contributed by atoms with Crippen LogP contribution in [0, 0.1) is 0 Å². The molecule has 0 aliphatic heterocycles. The molecule has 5 rings (SSSR count). The average Bonchev–Trinajstić information content (AvgIpc) is 3.29.